The second-order valence-electron chi connectivity index (χ2n) is 6.63. The van der Waals surface area contributed by atoms with Crippen LogP contribution in [0, 0.1) is 11.8 Å². The van der Waals surface area contributed by atoms with Crippen molar-refractivity contribution in [3.63, 3.8) is 0 Å². The van der Waals surface area contributed by atoms with E-state index in [4.69, 9.17) is 10.2 Å². The zero-order valence-corrected chi connectivity index (χ0v) is 14.9. The minimum atomic E-state index is -0.545. The molecule has 0 atom stereocenters. The summed E-state index contributed by atoms with van der Waals surface area (Å²) >= 11 is 0. The highest BCUT2D eigenvalue weighted by Gasteiger charge is 2.19. The Labute approximate surface area is 143 Å². The molecule has 2 N–H and O–H groups in total. The molecule has 24 heavy (non-hydrogen) atoms. The molecule has 1 aromatic rings. The third-order valence-corrected chi connectivity index (χ3v) is 3.44. The van der Waals surface area contributed by atoms with Crippen molar-refractivity contribution in [3.05, 3.63) is 24.3 Å². The molecule has 0 aliphatic rings. The molecule has 2 amide bonds. The van der Waals surface area contributed by atoms with Crippen molar-refractivity contribution in [2.45, 2.75) is 27.7 Å². The lowest BCUT2D eigenvalue weighted by Crippen LogP contribution is -2.37. The van der Waals surface area contributed by atoms with Crippen molar-refractivity contribution >= 4 is 23.2 Å². The van der Waals surface area contributed by atoms with E-state index in [0.717, 1.165) is 0 Å². The highest BCUT2D eigenvalue weighted by Crippen LogP contribution is 2.23. The molecule has 0 unspecified atom stereocenters. The first-order valence-corrected chi connectivity index (χ1v) is 8.22. The number of rotatable bonds is 8. The smallest absolute Gasteiger partial charge is 0.252 e. The summed E-state index contributed by atoms with van der Waals surface area (Å²) in [5, 5.41) is 18.3. The molecule has 0 aromatic heterocycles. The van der Waals surface area contributed by atoms with Crippen LogP contribution in [0.15, 0.2) is 24.3 Å². The summed E-state index contributed by atoms with van der Waals surface area (Å²) < 4.78 is 0. The van der Waals surface area contributed by atoms with Gasteiger partial charge < -0.3 is 20.0 Å². The Balaban J connectivity index is 3.07. The Morgan fingerprint density at radius 1 is 0.792 bits per heavy atom. The lowest BCUT2D eigenvalue weighted by molar-refractivity contribution is -0.122. The largest absolute Gasteiger partial charge is 0.387 e. The number of benzene rings is 1. The molecule has 1 aromatic carbocycles. The minimum Gasteiger partial charge on any atom is -0.387 e. The quantitative estimate of drug-likeness (QED) is 0.756. The SMILES string of the molecule is CC(C)CN(C(=O)CO)c1ccc(N(CC(C)C)C(=O)CO)cc1. The van der Waals surface area contributed by atoms with Crippen molar-refractivity contribution in [2.24, 2.45) is 11.8 Å². The molecule has 1 rings (SSSR count). The first-order chi connectivity index (χ1) is 11.3. The van der Waals surface area contributed by atoms with Crippen molar-refractivity contribution in [1.29, 1.82) is 0 Å². The molecule has 0 aliphatic carbocycles. The predicted octanol–water partition coefficient (Wildman–Crippen LogP) is 1.65. The number of amides is 2. The molecule has 0 saturated heterocycles. The number of hydrogen-bond acceptors (Lipinski definition) is 4. The van der Waals surface area contributed by atoms with Gasteiger partial charge in [0.15, 0.2) is 0 Å². The van der Waals surface area contributed by atoms with Gasteiger partial charge in [-0.05, 0) is 36.1 Å². The van der Waals surface area contributed by atoms with Crippen molar-refractivity contribution < 1.29 is 19.8 Å². The fourth-order valence-corrected chi connectivity index (χ4v) is 2.42. The summed E-state index contributed by atoms with van der Waals surface area (Å²) in [5.74, 6) is -0.203. The Kier molecular flexibility index (Phi) is 7.88. The highest BCUT2D eigenvalue weighted by atomic mass is 16.3. The normalized spacial score (nSPS) is 11.0. The van der Waals surface area contributed by atoms with Crippen LogP contribution in [-0.4, -0.2) is 48.3 Å². The van der Waals surface area contributed by atoms with Gasteiger partial charge >= 0.3 is 0 Å². The molecule has 0 aliphatic heterocycles. The van der Waals surface area contributed by atoms with E-state index in [1.54, 1.807) is 24.3 Å². The van der Waals surface area contributed by atoms with Crippen molar-refractivity contribution in [1.82, 2.24) is 0 Å². The average molecular weight is 336 g/mol. The molecule has 0 radical (unpaired) electrons. The van der Waals surface area contributed by atoms with Crippen LogP contribution < -0.4 is 9.80 Å². The van der Waals surface area contributed by atoms with Gasteiger partial charge in [-0.15, -0.1) is 0 Å². The summed E-state index contributed by atoms with van der Waals surface area (Å²) in [6.45, 7) is 7.90. The number of aliphatic hydroxyl groups is 2. The molecule has 0 saturated carbocycles. The van der Waals surface area contributed by atoms with Gasteiger partial charge in [0.2, 0.25) is 0 Å². The molecule has 0 spiro atoms. The van der Waals surface area contributed by atoms with Crippen LogP contribution in [-0.2, 0) is 9.59 Å². The maximum atomic E-state index is 11.9. The fourth-order valence-electron chi connectivity index (χ4n) is 2.42. The summed E-state index contributed by atoms with van der Waals surface area (Å²) in [6, 6.07) is 7.01. The number of aliphatic hydroxyl groups excluding tert-OH is 2. The van der Waals surface area contributed by atoms with Gasteiger partial charge in [-0.2, -0.15) is 0 Å². The lowest BCUT2D eigenvalue weighted by Gasteiger charge is -2.27. The Morgan fingerprint density at radius 3 is 1.29 bits per heavy atom. The second kappa shape index (κ2) is 9.39. The highest BCUT2D eigenvalue weighted by molar-refractivity contribution is 5.96. The van der Waals surface area contributed by atoms with E-state index in [1.807, 2.05) is 27.7 Å². The van der Waals surface area contributed by atoms with Crippen LogP contribution in [0.1, 0.15) is 27.7 Å². The standard InChI is InChI=1S/C18H28N2O4/c1-13(2)9-19(17(23)11-21)15-5-7-16(8-6-15)20(10-14(3)4)18(24)12-22/h5-8,13-14,21-22H,9-12H2,1-4H3. The van der Waals surface area contributed by atoms with E-state index >= 15 is 0 Å². The maximum absolute atomic E-state index is 11.9. The van der Waals surface area contributed by atoms with Crippen LogP contribution in [0.25, 0.3) is 0 Å². The molecule has 0 fully saturated rings. The number of nitrogens with zero attached hydrogens (tertiary/aromatic N) is 2. The molecule has 0 heterocycles. The van der Waals surface area contributed by atoms with Gasteiger partial charge in [-0.3, -0.25) is 9.59 Å². The topological polar surface area (TPSA) is 81.1 Å². The zero-order valence-electron chi connectivity index (χ0n) is 14.9. The summed E-state index contributed by atoms with van der Waals surface area (Å²) in [5.41, 5.74) is 1.35. The number of anilines is 2. The van der Waals surface area contributed by atoms with Crippen LogP contribution in [0.3, 0.4) is 0 Å². The first kappa shape index (κ1) is 20.1. The molecular formula is C18H28N2O4. The van der Waals surface area contributed by atoms with E-state index in [9.17, 15) is 9.59 Å². The predicted molar refractivity (Wildman–Crippen MR) is 95.0 cm³/mol. The molecule has 6 nitrogen and oxygen atoms in total. The zero-order chi connectivity index (χ0) is 18.3. The van der Waals surface area contributed by atoms with Crippen LogP contribution >= 0.6 is 0 Å². The molecular weight excluding hydrogens is 308 g/mol. The van der Waals surface area contributed by atoms with Crippen LogP contribution in [0.4, 0.5) is 11.4 Å². The van der Waals surface area contributed by atoms with E-state index in [0.29, 0.717) is 24.5 Å². The number of carbonyl (C=O) groups excluding carboxylic acids is 2. The first-order valence-electron chi connectivity index (χ1n) is 8.22. The second-order valence-corrected chi connectivity index (χ2v) is 6.63. The van der Waals surface area contributed by atoms with Crippen molar-refractivity contribution in [2.75, 3.05) is 36.1 Å². The average Bonchev–Trinajstić information content (AvgIpc) is 2.56. The Bertz CT molecular complexity index is 491. The van der Waals surface area contributed by atoms with Crippen LogP contribution in [0.5, 0.6) is 0 Å². The van der Waals surface area contributed by atoms with Gasteiger partial charge in [0, 0.05) is 24.5 Å². The number of carbonyl (C=O) groups is 2. The number of hydrogen-bond donors (Lipinski definition) is 2. The maximum Gasteiger partial charge on any atom is 0.252 e. The Hall–Kier alpha value is -1.92. The molecule has 134 valence electrons. The van der Waals surface area contributed by atoms with Gasteiger partial charge in [0.05, 0.1) is 0 Å². The lowest BCUT2D eigenvalue weighted by atomic mass is 10.1. The summed E-state index contributed by atoms with van der Waals surface area (Å²) in [4.78, 5) is 27.0. The third kappa shape index (κ3) is 5.62. The van der Waals surface area contributed by atoms with E-state index in [1.165, 1.54) is 9.80 Å². The minimum absolute atomic E-state index is 0.258. The van der Waals surface area contributed by atoms with E-state index < -0.39 is 13.2 Å². The summed E-state index contributed by atoms with van der Waals surface area (Å²) in [7, 11) is 0. The van der Waals surface area contributed by atoms with Gasteiger partial charge in [-0.1, -0.05) is 27.7 Å². The van der Waals surface area contributed by atoms with Crippen LogP contribution in [0.2, 0.25) is 0 Å². The van der Waals surface area contributed by atoms with Gasteiger partial charge in [0.1, 0.15) is 13.2 Å². The third-order valence-electron chi connectivity index (χ3n) is 3.44. The van der Waals surface area contributed by atoms with E-state index in [-0.39, 0.29) is 23.7 Å². The molecule has 0 bridgehead atoms. The van der Waals surface area contributed by atoms with E-state index in [2.05, 4.69) is 0 Å². The fraction of sp³-hybridized carbons (Fsp3) is 0.556. The Morgan fingerprint density at radius 2 is 1.08 bits per heavy atom. The van der Waals surface area contributed by atoms with Gasteiger partial charge in [-0.25, -0.2) is 0 Å². The monoisotopic (exact) mass is 336 g/mol. The molecule has 6 heteroatoms. The van der Waals surface area contributed by atoms with Crippen molar-refractivity contribution in [3.8, 4) is 0 Å². The van der Waals surface area contributed by atoms with Gasteiger partial charge in [0.25, 0.3) is 11.8 Å². The summed E-state index contributed by atoms with van der Waals surface area (Å²) in [6.07, 6.45) is 0.